The molecule has 114 valence electrons. The largest absolute Gasteiger partial charge is 0.427 e. The van der Waals surface area contributed by atoms with Gasteiger partial charge in [0.1, 0.15) is 0 Å². The summed E-state index contributed by atoms with van der Waals surface area (Å²) >= 11 is 0. The Morgan fingerprint density at radius 2 is 1.86 bits per heavy atom. The third-order valence-electron chi connectivity index (χ3n) is 3.97. The summed E-state index contributed by atoms with van der Waals surface area (Å²) in [4.78, 5) is 10.1. The van der Waals surface area contributed by atoms with Crippen molar-refractivity contribution in [3.8, 4) is 5.75 Å². The van der Waals surface area contributed by atoms with Gasteiger partial charge in [-0.25, -0.2) is 0 Å². The number of nitro groups is 1. The lowest BCUT2D eigenvalue weighted by Gasteiger charge is -2.19. The van der Waals surface area contributed by atoms with Crippen LogP contribution in [0.1, 0.15) is 25.7 Å². The summed E-state index contributed by atoms with van der Waals surface area (Å²) in [7, 11) is 0. The molecular formula is C14H16F2N2O3. The van der Waals surface area contributed by atoms with E-state index in [1.807, 2.05) is 0 Å². The summed E-state index contributed by atoms with van der Waals surface area (Å²) in [5.74, 6) is 0.865. The van der Waals surface area contributed by atoms with E-state index >= 15 is 0 Å². The molecule has 0 heterocycles. The predicted octanol–water partition coefficient (Wildman–Crippen LogP) is 3.80. The Bertz CT molecular complexity index is 533. The molecule has 2 fully saturated rings. The molecule has 0 bridgehead atoms. The first-order valence-corrected chi connectivity index (χ1v) is 7.04. The van der Waals surface area contributed by atoms with Gasteiger partial charge in [-0.1, -0.05) is 0 Å². The van der Waals surface area contributed by atoms with E-state index in [1.165, 1.54) is 37.8 Å². The predicted molar refractivity (Wildman–Crippen MR) is 72.6 cm³/mol. The summed E-state index contributed by atoms with van der Waals surface area (Å²) in [6.45, 7) is -3.08. The van der Waals surface area contributed by atoms with Crippen LogP contribution in [0, 0.1) is 22.0 Å². The van der Waals surface area contributed by atoms with Crippen LogP contribution in [0.4, 0.5) is 20.2 Å². The first-order chi connectivity index (χ1) is 10.0. The molecule has 0 aliphatic heterocycles. The highest BCUT2D eigenvalue weighted by atomic mass is 19.3. The maximum atomic E-state index is 12.4. The van der Waals surface area contributed by atoms with Crippen LogP contribution < -0.4 is 10.1 Å². The van der Waals surface area contributed by atoms with Crippen LogP contribution in [0.15, 0.2) is 18.2 Å². The lowest BCUT2D eigenvalue weighted by atomic mass is 10.1. The highest BCUT2D eigenvalue weighted by Gasteiger charge is 2.41. The van der Waals surface area contributed by atoms with Gasteiger partial charge in [-0.2, -0.15) is 8.78 Å². The van der Waals surface area contributed by atoms with Gasteiger partial charge in [-0.05, 0) is 43.6 Å². The van der Waals surface area contributed by atoms with Crippen LogP contribution in [0.3, 0.4) is 0 Å². The van der Waals surface area contributed by atoms with Crippen molar-refractivity contribution in [1.29, 1.82) is 0 Å². The average Bonchev–Trinajstić information content (AvgIpc) is 3.26. The van der Waals surface area contributed by atoms with Crippen molar-refractivity contribution in [3.05, 3.63) is 28.3 Å². The zero-order valence-corrected chi connectivity index (χ0v) is 11.3. The fraction of sp³-hybridized carbons (Fsp3) is 0.571. The third-order valence-corrected chi connectivity index (χ3v) is 3.97. The highest BCUT2D eigenvalue weighted by molar-refractivity contribution is 5.58. The molecule has 7 heteroatoms. The second kappa shape index (κ2) is 5.46. The number of halogens is 2. The molecule has 0 unspecified atom stereocenters. The molecule has 2 saturated carbocycles. The fourth-order valence-corrected chi connectivity index (χ4v) is 2.67. The molecule has 1 N–H and O–H groups in total. The van der Waals surface area contributed by atoms with E-state index in [2.05, 4.69) is 10.1 Å². The van der Waals surface area contributed by atoms with Gasteiger partial charge in [0.25, 0.3) is 0 Å². The number of alkyl halides is 2. The molecule has 1 aromatic carbocycles. The van der Waals surface area contributed by atoms with Crippen LogP contribution in [0.2, 0.25) is 0 Å². The summed E-state index contributed by atoms with van der Waals surface area (Å²) < 4.78 is 29.0. The molecular weight excluding hydrogens is 282 g/mol. The molecule has 0 atom stereocenters. The summed E-state index contributed by atoms with van der Waals surface area (Å²) in [5.41, 5.74) is 0.148. The smallest absolute Gasteiger partial charge is 0.387 e. The van der Waals surface area contributed by atoms with Crippen molar-refractivity contribution in [2.45, 2.75) is 38.3 Å². The molecule has 21 heavy (non-hydrogen) atoms. The Balaban J connectivity index is 1.79. The van der Waals surface area contributed by atoms with Gasteiger partial charge < -0.3 is 10.1 Å². The van der Waals surface area contributed by atoms with E-state index in [0.29, 0.717) is 23.6 Å². The minimum absolute atomic E-state index is 0.339. The van der Waals surface area contributed by atoms with Crippen LogP contribution in [-0.4, -0.2) is 17.6 Å². The third kappa shape index (κ3) is 3.40. The molecule has 0 amide bonds. The van der Waals surface area contributed by atoms with Crippen molar-refractivity contribution >= 4 is 11.4 Å². The molecule has 0 aromatic heterocycles. The first kappa shape index (κ1) is 14.0. The van der Waals surface area contributed by atoms with Crippen molar-refractivity contribution < 1.29 is 18.4 Å². The Morgan fingerprint density at radius 3 is 2.33 bits per heavy atom. The van der Waals surface area contributed by atoms with Gasteiger partial charge in [-0.15, -0.1) is 0 Å². The Kier molecular flexibility index (Phi) is 3.65. The van der Waals surface area contributed by atoms with E-state index in [9.17, 15) is 18.9 Å². The van der Waals surface area contributed by atoms with Crippen LogP contribution in [0.5, 0.6) is 5.75 Å². The number of rotatable bonds is 7. The van der Waals surface area contributed by atoms with Crippen LogP contribution >= 0.6 is 0 Å². The van der Waals surface area contributed by atoms with Gasteiger partial charge in [-0.3, -0.25) is 10.1 Å². The lowest BCUT2D eigenvalue weighted by Crippen LogP contribution is -2.24. The van der Waals surface area contributed by atoms with Crippen molar-refractivity contribution in [2.75, 3.05) is 5.32 Å². The van der Waals surface area contributed by atoms with E-state index < -0.39 is 23.0 Å². The van der Waals surface area contributed by atoms with Crippen molar-refractivity contribution in [1.82, 2.24) is 0 Å². The summed E-state index contributed by atoms with van der Waals surface area (Å²) in [5, 5.41) is 14.2. The summed E-state index contributed by atoms with van der Waals surface area (Å²) in [6, 6.07) is 4.39. The average molecular weight is 298 g/mol. The zero-order valence-electron chi connectivity index (χ0n) is 11.3. The molecule has 0 saturated heterocycles. The van der Waals surface area contributed by atoms with Gasteiger partial charge in [0.05, 0.1) is 4.92 Å². The number of nitrogens with zero attached hydrogens (tertiary/aromatic N) is 1. The molecule has 0 spiro atoms. The van der Waals surface area contributed by atoms with E-state index in [0.717, 1.165) is 0 Å². The van der Waals surface area contributed by atoms with Gasteiger partial charge in [0, 0.05) is 23.9 Å². The zero-order chi connectivity index (χ0) is 15.0. The maximum absolute atomic E-state index is 12.4. The molecule has 2 aliphatic rings. The van der Waals surface area contributed by atoms with Crippen molar-refractivity contribution in [3.63, 3.8) is 0 Å². The van der Waals surface area contributed by atoms with E-state index in [1.54, 1.807) is 6.07 Å². The number of nitrogens with one attached hydrogen (secondary N) is 1. The number of ether oxygens (including phenoxy) is 1. The van der Waals surface area contributed by atoms with Gasteiger partial charge >= 0.3 is 12.3 Å². The quantitative estimate of drug-likeness (QED) is 0.614. The maximum Gasteiger partial charge on any atom is 0.387 e. The molecule has 1 aromatic rings. The van der Waals surface area contributed by atoms with E-state index in [4.69, 9.17) is 0 Å². The number of hydrogen-bond acceptors (Lipinski definition) is 4. The van der Waals surface area contributed by atoms with Crippen molar-refractivity contribution in [2.24, 2.45) is 11.8 Å². The first-order valence-electron chi connectivity index (χ1n) is 7.04. The molecule has 3 rings (SSSR count). The van der Waals surface area contributed by atoms with Crippen LogP contribution in [0.25, 0.3) is 0 Å². The standard InChI is InChI=1S/C14H16F2N2O3/c15-14(16)21-12-7-10(5-6-11(12)18(19)20)17-13(8-1-2-8)9-3-4-9/h5-9,13-14,17H,1-4H2. The Hall–Kier alpha value is -1.92. The monoisotopic (exact) mass is 298 g/mol. The topological polar surface area (TPSA) is 64.4 Å². The number of hydrogen-bond donors (Lipinski definition) is 1. The lowest BCUT2D eigenvalue weighted by molar-refractivity contribution is -0.386. The molecule has 0 radical (unpaired) electrons. The Morgan fingerprint density at radius 1 is 1.24 bits per heavy atom. The number of benzene rings is 1. The number of nitro benzene ring substituents is 1. The van der Waals surface area contributed by atoms with Gasteiger partial charge in [0.15, 0.2) is 0 Å². The highest BCUT2D eigenvalue weighted by Crippen LogP contribution is 2.46. The second-order valence-electron chi connectivity index (χ2n) is 5.66. The number of anilines is 1. The SMILES string of the molecule is O=[N+]([O-])c1ccc(NC(C2CC2)C2CC2)cc1OC(F)F. The van der Waals surface area contributed by atoms with Gasteiger partial charge in [0.2, 0.25) is 5.75 Å². The molecule has 2 aliphatic carbocycles. The minimum atomic E-state index is -3.08. The fourth-order valence-electron chi connectivity index (χ4n) is 2.67. The Labute approximate surface area is 120 Å². The minimum Gasteiger partial charge on any atom is -0.427 e. The normalized spacial score (nSPS) is 18.1. The van der Waals surface area contributed by atoms with Crippen LogP contribution in [-0.2, 0) is 0 Å². The second-order valence-corrected chi connectivity index (χ2v) is 5.66. The molecule has 5 nitrogen and oxygen atoms in total. The van der Waals surface area contributed by atoms with E-state index in [-0.39, 0.29) is 0 Å². The summed E-state index contributed by atoms with van der Waals surface area (Å²) in [6.07, 6.45) is 4.73.